The van der Waals surface area contributed by atoms with Gasteiger partial charge in [-0.2, -0.15) is 0 Å². The number of rotatable bonds is 6. The molecule has 0 radical (unpaired) electrons. The predicted molar refractivity (Wildman–Crippen MR) is 60.8 cm³/mol. The van der Waals surface area contributed by atoms with Crippen molar-refractivity contribution < 1.29 is 23.9 Å². The molecule has 0 saturated carbocycles. The number of carbonyl (C=O) groups excluding carboxylic acids is 1. The normalized spacial score (nSPS) is 13.0. The summed E-state index contributed by atoms with van der Waals surface area (Å²) in [4.78, 5) is 29.5. The summed E-state index contributed by atoms with van der Waals surface area (Å²) in [5.41, 5.74) is 0. The first-order valence-electron chi connectivity index (χ1n) is 5.31. The first kappa shape index (κ1) is 15.4. The topological polar surface area (TPSA) is 83.8 Å². The van der Waals surface area contributed by atoms with Crippen molar-refractivity contribution in [1.82, 2.24) is 0 Å². The van der Waals surface area contributed by atoms with Gasteiger partial charge in [-0.15, -0.1) is 0 Å². The number of hydrogen-bond donors (Lipinski definition) is 2. The van der Waals surface area contributed by atoms with Crippen molar-refractivity contribution in [2.45, 2.75) is 33.6 Å². The number of hydrogen-bond acceptors (Lipinski definition) is 3. The van der Waals surface area contributed by atoms with Crippen LogP contribution < -0.4 is 0 Å². The van der Waals surface area contributed by atoms with Gasteiger partial charge in [0.1, 0.15) is 5.31 Å². The van der Waals surface area contributed by atoms with Gasteiger partial charge in [0.2, 0.25) is 0 Å². The van der Waals surface area contributed by atoms with Crippen molar-refractivity contribution in [1.29, 1.82) is 0 Å². The van der Waals surface area contributed by atoms with E-state index in [1.165, 1.54) is 6.08 Å². The molecule has 2 N–H and O–H groups in total. The lowest BCUT2D eigenvalue weighted by atomic mass is 10.0. The van der Waals surface area contributed by atoms with E-state index in [0.717, 1.165) is 12.8 Å². The van der Waals surface area contributed by atoms with Gasteiger partial charge in [0, 0.05) is 0 Å². The minimum absolute atomic E-state index is 0.0213. The fraction of sp³-hybridized carbons (Fsp3) is 0.700. The summed E-state index contributed by atoms with van der Waals surface area (Å²) in [6, 6.07) is 0. The number of ether oxygens (including phenoxy) is 1. The molecule has 0 spiro atoms. The molecule has 0 aliphatic heterocycles. The highest BCUT2D eigenvalue weighted by Crippen LogP contribution is 2.46. The Bertz CT molecular complexity index is 300. The summed E-state index contributed by atoms with van der Waals surface area (Å²) in [6.07, 6.45) is 2.78. The largest absolute Gasteiger partial charge is 0.462 e. The van der Waals surface area contributed by atoms with Crippen LogP contribution in [-0.2, 0) is 14.1 Å². The van der Waals surface area contributed by atoms with E-state index in [4.69, 9.17) is 9.79 Å². The minimum atomic E-state index is -4.56. The van der Waals surface area contributed by atoms with Crippen molar-refractivity contribution in [3.05, 3.63) is 11.4 Å². The lowest BCUT2D eigenvalue weighted by molar-refractivity contribution is -0.137. The third-order valence-corrected chi connectivity index (χ3v) is 3.20. The van der Waals surface area contributed by atoms with E-state index < -0.39 is 18.9 Å². The van der Waals surface area contributed by atoms with Crippen LogP contribution in [0, 0.1) is 5.92 Å². The fourth-order valence-electron chi connectivity index (χ4n) is 1.24. The monoisotopic (exact) mass is 250 g/mol. The van der Waals surface area contributed by atoms with Crippen LogP contribution in [0.5, 0.6) is 0 Å². The van der Waals surface area contributed by atoms with Crippen LogP contribution in [0.4, 0.5) is 0 Å². The van der Waals surface area contributed by atoms with Crippen LogP contribution in [0.1, 0.15) is 33.6 Å². The second-order valence-electron chi connectivity index (χ2n) is 3.39. The van der Waals surface area contributed by atoms with Crippen molar-refractivity contribution in [3.8, 4) is 0 Å². The van der Waals surface area contributed by atoms with E-state index in [1.54, 1.807) is 6.92 Å². The van der Waals surface area contributed by atoms with Crippen LogP contribution in [0.15, 0.2) is 11.4 Å². The van der Waals surface area contributed by atoms with Gasteiger partial charge in [-0.3, -0.25) is 4.57 Å². The highest BCUT2D eigenvalue weighted by atomic mass is 31.2. The highest BCUT2D eigenvalue weighted by molar-refractivity contribution is 7.58. The van der Waals surface area contributed by atoms with Crippen LogP contribution >= 0.6 is 7.60 Å². The maximum Gasteiger partial charge on any atom is 0.363 e. The summed E-state index contributed by atoms with van der Waals surface area (Å²) in [5.74, 6) is -0.949. The fourth-order valence-corrected chi connectivity index (χ4v) is 1.94. The van der Waals surface area contributed by atoms with Gasteiger partial charge in [-0.1, -0.05) is 19.9 Å². The molecule has 0 aliphatic rings. The summed E-state index contributed by atoms with van der Waals surface area (Å²) in [7, 11) is -4.56. The lowest BCUT2D eigenvalue weighted by Crippen LogP contribution is -2.10. The van der Waals surface area contributed by atoms with E-state index in [-0.39, 0.29) is 12.5 Å². The van der Waals surface area contributed by atoms with Gasteiger partial charge < -0.3 is 14.5 Å². The second kappa shape index (κ2) is 6.84. The predicted octanol–water partition coefficient (Wildman–Crippen LogP) is 2.05. The number of carbonyl (C=O) groups is 1. The summed E-state index contributed by atoms with van der Waals surface area (Å²) < 4.78 is 15.8. The molecular weight excluding hydrogens is 231 g/mol. The summed E-state index contributed by atoms with van der Waals surface area (Å²) >= 11 is 0. The Morgan fingerprint density at radius 2 is 1.81 bits per heavy atom. The van der Waals surface area contributed by atoms with Gasteiger partial charge in [0.05, 0.1) is 6.61 Å². The summed E-state index contributed by atoms with van der Waals surface area (Å²) in [5, 5.41) is -0.525. The van der Waals surface area contributed by atoms with Gasteiger partial charge in [0.15, 0.2) is 0 Å². The highest BCUT2D eigenvalue weighted by Gasteiger charge is 2.29. The van der Waals surface area contributed by atoms with Gasteiger partial charge in [-0.05, 0) is 25.7 Å². The Balaban J connectivity index is 5.09. The quantitative estimate of drug-likeness (QED) is 0.428. The molecular formula is C10H19O5P. The lowest BCUT2D eigenvalue weighted by Gasteiger charge is -2.12. The Morgan fingerprint density at radius 3 is 2.12 bits per heavy atom. The van der Waals surface area contributed by atoms with Crippen LogP contribution in [0.3, 0.4) is 0 Å². The Labute approximate surface area is 95.7 Å². The Hall–Kier alpha value is -0.640. The molecule has 0 fully saturated rings. The first-order chi connectivity index (χ1) is 7.36. The van der Waals surface area contributed by atoms with E-state index in [0.29, 0.717) is 0 Å². The van der Waals surface area contributed by atoms with Crippen molar-refractivity contribution >= 4 is 13.6 Å². The molecule has 6 heteroatoms. The molecule has 0 amide bonds. The van der Waals surface area contributed by atoms with Crippen LogP contribution in [0.2, 0.25) is 0 Å². The van der Waals surface area contributed by atoms with Crippen LogP contribution in [0.25, 0.3) is 0 Å². The number of allylic oxidation sites excluding steroid dienone is 1. The van der Waals surface area contributed by atoms with Crippen molar-refractivity contribution in [2.75, 3.05) is 6.61 Å². The van der Waals surface area contributed by atoms with Gasteiger partial charge in [0.25, 0.3) is 0 Å². The van der Waals surface area contributed by atoms with E-state index in [9.17, 15) is 9.36 Å². The SMILES string of the molecule is CCOC(=O)/C(=C\C(CC)CC)P(=O)(O)O. The molecule has 94 valence electrons. The van der Waals surface area contributed by atoms with Gasteiger partial charge >= 0.3 is 13.6 Å². The summed E-state index contributed by atoms with van der Waals surface area (Å²) in [6.45, 7) is 5.48. The molecule has 0 bridgehead atoms. The molecule has 0 unspecified atom stereocenters. The van der Waals surface area contributed by atoms with E-state index in [2.05, 4.69) is 4.74 Å². The molecule has 0 saturated heterocycles. The maximum absolute atomic E-state index is 11.4. The van der Waals surface area contributed by atoms with E-state index in [1.807, 2.05) is 13.8 Å². The standard InChI is InChI=1S/C10H19O5P/c1-4-8(5-2)7-9(16(12,13)14)10(11)15-6-3/h7-8H,4-6H2,1-3H3,(H2,12,13,14)/b9-7+. The third kappa shape index (κ3) is 4.92. The van der Waals surface area contributed by atoms with Crippen molar-refractivity contribution in [2.24, 2.45) is 5.92 Å². The van der Waals surface area contributed by atoms with Crippen molar-refractivity contribution in [3.63, 3.8) is 0 Å². The zero-order valence-electron chi connectivity index (χ0n) is 9.84. The number of esters is 1. The smallest absolute Gasteiger partial charge is 0.363 e. The molecule has 0 atom stereocenters. The molecule has 0 aromatic rings. The molecule has 16 heavy (non-hydrogen) atoms. The average molecular weight is 250 g/mol. The minimum Gasteiger partial charge on any atom is -0.462 e. The molecule has 0 heterocycles. The van der Waals surface area contributed by atoms with E-state index >= 15 is 0 Å². The first-order valence-corrected chi connectivity index (χ1v) is 6.93. The molecule has 0 rings (SSSR count). The zero-order chi connectivity index (χ0) is 12.8. The van der Waals surface area contributed by atoms with Gasteiger partial charge in [-0.25, -0.2) is 4.79 Å². The Morgan fingerprint density at radius 1 is 1.31 bits per heavy atom. The van der Waals surface area contributed by atoms with Crippen LogP contribution in [-0.4, -0.2) is 22.4 Å². The Kier molecular flexibility index (Phi) is 6.56. The molecule has 5 nitrogen and oxygen atoms in total. The molecule has 0 aliphatic carbocycles. The molecule has 0 aromatic carbocycles. The maximum atomic E-state index is 11.4. The third-order valence-electron chi connectivity index (χ3n) is 2.24. The second-order valence-corrected chi connectivity index (χ2v) is 4.96. The average Bonchev–Trinajstić information content (AvgIpc) is 2.17. The zero-order valence-corrected chi connectivity index (χ0v) is 10.7. The molecule has 0 aromatic heterocycles.